The van der Waals surface area contributed by atoms with Gasteiger partial charge >= 0.3 is 11.9 Å². The first-order chi connectivity index (χ1) is 18.2. The number of benzene rings is 2. The Morgan fingerprint density at radius 1 is 0.763 bits per heavy atom. The second-order valence-electron chi connectivity index (χ2n) is 8.58. The maximum Gasteiger partial charge on any atom is 0.331 e. The third-order valence-corrected chi connectivity index (χ3v) is 6.84. The molecule has 38 heavy (non-hydrogen) atoms. The molecule has 1 aliphatic rings. The number of carbonyl (C=O) groups is 4. The Labute approximate surface area is 226 Å². The molecule has 9 nitrogen and oxygen atoms in total. The van der Waals surface area contributed by atoms with Crippen molar-refractivity contribution < 1.29 is 28.9 Å². The van der Waals surface area contributed by atoms with Gasteiger partial charge in [0.1, 0.15) is 11.4 Å². The van der Waals surface area contributed by atoms with Gasteiger partial charge in [-0.15, -0.1) is 0 Å². The van der Waals surface area contributed by atoms with Crippen molar-refractivity contribution in [1.29, 1.82) is 0 Å². The van der Waals surface area contributed by atoms with Crippen LogP contribution in [0.5, 0.6) is 0 Å². The van der Waals surface area contributed by atoms with E-state index < -0.39 is 11.9 Å². The lowest BCUT2D eigenvalue weighted by Crippen LogP contribution is -2.23. The van der Waals surface area contributed by atoms with E-state index in [9.17, 15) is 19.2 Å². The number of unbranched alkanes of at least 4 members (excludes halogenated alkanes) is 1. The summed E-state index contributed by atoms with van der Waals surface area (Å²) in [6.45, 7) is 8.87. The Bertz CT molecular complexity index is 1220. The van der Waals surface area contributed by atoms with Crippen LogP contribution >= 0.6 is 11.8 Å². The Kier molecular flexibility index (Phi) is 9.95. The fourth-order valence-corrected chi connectivity index (χ4v) is 5.00. The zero-order valence-electron chi connectivity index (χ0n) is 22.2. The summed E-state index contributed by atoms with van der Waals surface area (Å²) in [7, 11) is 0. The fourth-order valence-electron chi connectivity index (χ4n) is 3.83. The van der Waals surface area contributed by atoms with Crippen LogP contribution in [0.4, 0.5) is 11.4 Å². The Balaban J connectivity index is 2.01. The summed E-state index contributed by atoms with van der Waals surface area (Å²) in [4.78, 5) is 61.8. The summed E-state index contributed by atoms with van der Waals surface area (Å²) < 4.78 is 0. The largest absolute Gasteiger partial charge is 0.340 e. The molecule has 0 saturated carbocycles. The molecule has 0 spiro atoms. The number of oxime groups is 2. The first-order valence-electron chi connectivity index (χ1n) is 12.5. The third-order valence-electron chi connectivity index (χ3n) is 5.74. The van der Waals surface area contributed by atoms with Crippen LogP contribution in [0.3, 0.4) is 0 Å². The molecule has 10 heteroatoms. The van der Waals surface area contributed by atoms with Crippen molar-refractivity contribution >= 4 is 58.1 Å². The summed E-state index contributed by atoms with van der Waals surface area (Å²) in [5.41, 5.74) is 3.08. The Hall–Kier alpha value is -3.79. The zero-order chi connectivity index (χ0) is 27.8. The van der Waals surface area contributed by atoms with Gasteiger partial charge in [-0.25, -0.2) is 9.59 Å². The van der Waals surface area contributed by atoms with Crippen molar-refractivity contribution in [3.8, 4) is 0 Å². The molecule has 200 valence electrons. The summed E-state index contributed by atoms with van der Waals surface area (Å²) in [6, 6.07) is 10.9. The molecule has 0 N–H and O–H groups in total. The molecule has 0 unspecified atom stereocenters. The monoisotopic (exact) mass is 537 g/mol. The summed E-state index contributed by atoms with van der Waals surface area (Å²) in [5.74, 6) is -1.83. The van der Waals surface area contributed by atoms with Gasteiger partial charge in [0.15, 0.2) is 0 Å². The van der Waals surface area contributed by atoms with E-state index in [1.807, 2.05) is 12.1 Å². The van der Waals surface area contributed by atoms with Gasteiger partial charge in [-0.3, -0.25) is 9.59 Å². The lowest BCUT2D eigenvalue weighted by molar-refractivity contribution is -0.141. The molecule has 0 fully saturated rings. The number of hydrogen-bond acceptors (Lipinski definition) is 10. The molecule has 1 heterocycles. The number of carbonyl (C=O) groups excluding carboxylic acids is 4. The first kappa shape index (κ1) is 28.8. The molecule has 3 rings (SSSR count). The standard InChI is InChI=1S/C28H31N3O6S/c1-6-9-14-31-23-12-10-19(27(34)21(7-2)29-36-17(4)32)15-25(23)38-26-16-20(11-13-24(26)31)28(35)22(8-3)30-37-18(5)33/h10-13,15-16H,6-9,14H2,1-5H3/b29-21+,30-22+. The number of anilines is 2. The highest BCUT2D eigenvalue weighted by Crippen LogP contribution is 2.49. The van der Waals surface area contributed by atoms with Crippen molar-refractivity contribution in [2.45, 2.75) is 70.1 Å². The summed E-state index contributed by atoms with van der Waals surface area (Å²) in [5, 5.41) is 7.45. The van der Waals surface area contributed by atoms with Gasteiger partial charge in [-0.05, 0) is 55.7 Å². The number of rotatable bonds is 11. The van der Waals surface area contributed by atoms with Crippen molar-refractivity contribution in [3.05, 3.63) is 47.5 Å². The molecular formula is C28H31N3O6S. The average Bonchev–Trinajstić information content (AvgIpc) is 2.90. The molecule has 0 atom stereocenters. The van der Waals surface area contributed by atoms with E-state index in [1.165, 1.54) is 25.6 Å². The minimum atomic E-state index is -0.595. The topological polar surface area (TPSA) is 115 Å². The highest BCUT2D eigenvalue weighted by molar-refractivity contribution is 7.99. The van der Waals surface area contributed by atoms with Crippen LogP contribution in [0.25, 0.3) is 0 Å². The van der Waals surface area contributed by atoms with Gasteiger partial charge in [0, 0.05) is 41.3 Å². The second-order valence-corrected chi connectivity index (χ2v) is 9.66. The number of fused-ring (bicyclic) bond motifs is 2. The van der Waals surface area contributed by atoms with E-state index in [1.54, 1.807) is 38.1 Å². The van der Waals surface area contributed by atoms with Crippen LogP contribution in [0.2, 0.25) is 0 Å². The molecule has 0 aromatic heterocycles. The normalized spacial score (nSPS) is 12.9. The molecule has 0 bridgehead atoms. The number of ketones is 2. The van der Waals surface area contributed by atoms with Gasteiger partial charge in [-0.1, -0.05) is 49.3 Å². The van der Waals surface area contributed by atoms with E-state index >= 15 is 0 Å². The molecule has 1 aliphatic heterocycles. The Morgan fingerprint density at radius 2 is 1.21 bits per heavy atom. The highest BCUT2D eigenvalue weighted by atomic mass is 32.2. The van der Waals surface area contributed by atoms with Gasteiger partial charge in [0.25, 0.3) is 0 Å². The van der Waals surface area contributed by atoms with Crippen molar-refractivity contribution in [2.24, 2.45) is 10.3 Å². The lowest BCUT2D eigenvalue weighted by Gasteiger charge is -2.33. The zero-order valence-corrected chi connectivity index (χ0v) is 23.0. The van der Waals surface area contributed by atoms with Crippen molar-refractivity contribution in [1.82, 2.24) is 0 Å². The predicted octanol–water partition coefficient (Wildman–Crippen LogP) is 6.11. The van der Waals surface area contributed by atoms with E-state index in [0.717, 1.165) is 40.6 Å². The number of Topliss-reactive ketones (excluding diaryl/α,β-unsaturated/α-hetero) is 2. The minimum Gasteiger partial charge on any atom is -0.340 e. The molecular weight excluding hydrogens is 506 g/mol. The van der Waals surface area contributed by atoms with Crippen LogP contribution in [-0.4, -0.2) is 41.5 Å². The van der Waals surface area contributed by atoms with Crippen LogP contribution in [0.1, 0.15) is 81.0 Å². The number of nitrogens with zero attached hydrogens (tertiary/aromatic N) is 3. The minimum absolute atomic E-state index is 0.149. The van der Waals surface area contributed by atoms with E-state index in [-0.39, 0.29) is 23.0 Å². The van der Waals surface area contributed by atoms with E-state index in [2.05, 4.69) is 22.1 Å². The van der Waals surface area contributed by atoms with Crippen LogP contribution in [0, 0.1) is 0 Å². The van der Waals surface area contributed by atoms with Gasteiger partial charge < -0.3 is 14.6 Å². The van der Waals surface area contributed by atoms with Gasteiger partial charge in [0.05, 0.1) is 11.4 Å². The molecule has 2 aromatic carbocycles. The van der Waals surface area contributed by atoms with Crippen molar-refractivity contribution in [3.63, 3.8) is 0 Å². The third kappa shape index (κ3) is 6.74. The van der Waals surface area contributed by atoms with Gasteiger partial charge in [0.2, 0.25) is 11.6 Å². The SMILES string of the molecule is CCCCN1c2ccc(C(=O)/C(CC)=N/OC(C)=O)cc2Sc2cc(C(=O)/C(CC)=N/OC(C)=O)ccc21. The molecule has 0 saturated heterocycles. The lowest BCUT2D eigenvalue weighted by atomic mass is 10.0. The van der Waals surface area contributed by atoms with E-state index in [0.29, 0.717) is 24.0 Å². The fraction of sp³-hybridized carbons (Fsp3) is 0.357. The second kappa shape index (κ2) is 13.1. The molecule has 2 aromatic rings. The quantitative estimate of drug-likeness (QED) is 0.146. The molecule has 0 amide bonds. The number of hydrogen-bond donors (Lipinski definition) is 0. The maximum atomic E-state index is 13.1. The maximum absolute atomic E-state index is 13.1. The van der Waals surface area contributed by atoms with Crippen LogP contribution in [-0.2, 0) is 19.3 Å². The molecule has 0 aliphatic carbocycles. The first-order valence-corrected chi connectivity index (χ1v) is 13.3. The average molecular weight is 538 g/mol. The summed E-state index contributed by atoms with van der Waals surface area (Å²) >= 11 is 1.46. The smallest absolute Gasteiger partial charge is 0.331 e. The Morgan fingerprint density at radius 3 is 1.58 bits per heavy atom. The van der Waals surface area contributed by atoms with Gasteiger partial charge in [-0.2, -0.15) is 0 Å². The summed E-state index contributed by atoms with van der Waals surface area (Å²) in [6.07, 6.45) is 2.57. The van der Waals surface area contributed by atoms with Crippen molar-refractivity contribution in [2.75, 3.05) is 11.4 Å². The predicted molar refractivity (Wildman–Crippen MR) is 147 cm³/mol. The van der Waals surface area contributed by atoms with Crippen LogP contribution in [0.15, 0.2) is 56.5 Å². The van der Waals surface area contributed by atoms with Crippen LogP contribution < -0.4 is 4.90 Å². The van der Waals surface area contributed by atoms with E-state index in [4.69, 9.17) is 9.68 Å². The highest BCUT2D eigenvalue weighted by Gasteiger charge is 2.27. The molecule has 0 radical (unpaired) electrons.